The Morgan fingerprint density at radius 3 is 1.34 bits per heavy atom. The molecule has 4 aromatic rings. The maximum absolute atomic E-state index is 13.6. The van der Waals surface area contributed by atoms with Crippen molar-refractivity contribution in [3.05, 3.63) is 43.4 Å². The van der Waals surface area contributed by atoms with E-state index in [2.05, 4.69) is 41.0 Å². The number of nitrogens with zero attached hydrogens (tertiary/aromatic N) is 10. The number of aromatic nitrogens is 8. The van der Waals surface area contributed by atoms with Crippen LogP contribution in [0.15, 0.2) is 0 Å². The summed E-state index contributed by atoms with van der Waals surface area (Å²) in [6.07, 6.45) is -0.0593. The molecular formula is C50H84Cl2N12O14P2S2. The summed E-state index contributed by atoms with van der Waals surface area (Å²) in [6.45, 7) is 29.3. The maximum atomic E-state index is 13.6. The number of aliphatic hydroxyl groups is 2. The van der Waals surface area contributed by atoms with Crippen molar-refractivity contribution in [3.63, 3.8) is 0 Å². The van der Waals surface area contributed by atoms with Gasteiger partial charge in [-0.3, -0.25) is 45.9 Å². The minimum atomic E-state index is -4.08. The number of methoxy groups -OCH3 is 2. The molecule has 6 heterocycles. The number of carbonyl (C=O) groups excluding carboxylic acids is 2. The van der Waals surface area contributed by atoms with Gasteiger partial charge in [-0.2, -0.15) is 0 Å². The van der Waals surface area contributed by atoms with Crippen LogP contribution in [-0.2, 0) is 72.0 Å². The summed E-state index contributed by atoms with van der Waals surface area (Å²) < 4.78 is 75.8. The number of aliphatic hydroxyl groups excluding tert-OH is 2. The highest BCUT2D eigenvalue weighted by molar-refractivity contribution is 7.48. The van der Waals surface area contributed by atoms with E-state index in [1.807, 2.05) is 23.6 Å². The second-order valence-electron chi connectivity index (χ2n) is 23.5. The number of halogens is 2. The lowest BCUT2D eigenvalue weighted by molar-refractivity contribution is -0.00826. The van der Waals surface area contributed by atoms with Crippen molar-refractivity contribution in [3.8, 4) is 0 Å². The van der Waals surface area contributed by atoms with Gasteiger partial charge in [0, 0.05) is 40.4 Å². The molecule has 4 aromatic heterocycles. The second kappa shape index (κ2) is 28.5. The molecule has 0 aliphatic carbocycles. The predicted octanol–water partition coefficient (Wildman–Crippen LogP) is 9.48. The number of phosphoric acid groups is 2. The van der Waals surface area contributed by atoms with E-state index in [1.165, 1.54) is 31.8 Å². The lowest BCUT2D eigenvalue weighted by Crippen LogP contribution is -2.55. The van der Waals surface area contributed by atoms with Crippen LogP contribution in [0, 0.1) is 0 Å². The Labute approximate surface area is 499 Å². The Morgan fingerprint density at radius 2 is 1.01 bits per heavy atom. The molecule has 2 aliphatic rings. The van der Waals surface area contributed by atoms with Gasteiger partial charge in [-0.1, -0.05) is 59.7 Å². The van der Waals surface area contributed by atoms with Crippen molar-refractivity contribution in [1.29, 1.82) is 0 Å². The molecule has 2 saturated heterocycles. The van der Waals surface area contributed by atoms with E-state index < -0.39 is 62.1 Å². The fourth-order valence-corrected chi connectivity index (χ4v) is 14.1. The van der Waals surface area contributed by atoms with Gasteiger partial charge in [0.25, 0.3) is 11.8 Å². The van der Waals surface area contributed by atoms with E-state index in [-0.39, 0.29) is 59.7 Å². The summed E-state index contributed by atoms with van der Waals surface area (Å²) in [5.41, 5.74) is -2.27. The van der Waals surface area contributed by atoms with Crippen LogP contribution in [0.5, 0.6) is 0 Å². The zero-order valence-corrected chi connectivity index (χ0v) is 55.2. The molecule has 0 spiro atoms. The summed E-state index contributed by atoms with van der Waals surface area (Å²) in [5.74, 6) is -0.946. The number of anilines is 2. The van der Waals surface area contributed by atoms with Crippen molar-refractivity contribution < 1.29 is 65.5 Å². The van der Waals surface area contributed by atoms with E-state index in [0.717, 1.165) is 0 Å². The normalized spacial score (nSPS) is 19.4. The third kappa shape index (κ3) is 19.9. The molecule has 0 bridgehead atoms. The van der Waals surface area contributed by atoms with Crippen LogP contribution in [0.4, 0.5) is 10.3 Å². The van der Waals surface area contributed by atoms with Crippen LogP contribution < -0.4 is 20.4 Å². The Bertz CT molecular complexity index is 2740. The summed E-state index contributed by atoms with van der Waals surface area (Å²) in [6, 6.07) is -0.662. The average molecular weight is 1270 g/mol. The Hall–Kier alpha value is -3.28. The van der Waals surface area contributed by atoms with Gasteiger partial charge in [0.1, 0.15) is 40.8 Å². The van der Waals surface area contributed by atoms with Crippen LogP contribution in [-0.4, -0.2) is 149 Å². The van der Waals surface area contributed by atoms with E-state index >= 15 is 0 Å². The third-order valence-corrected chi connectivity index (χ3v) is 18.8. The highest BCUT2D eigenvalue weighted by atomic mass is 35.5. The number of imidazole rings is 2. The first kappa shape index (κ1) is 69.5. The number of amides is 2. The maximum Gasteiger partial charge on any atom is 0.477 e. The molecule has 2 aliphatic heterocycles. The van der Waals surface area contributed by atoms with E-state index in [1.54, 1.807) is 111 Å². The molecule has 0 aromatic carbocycles. The molecule has 4 N–H and O–H groups in total. The van der Waals surface area contributed by atoms with Crippen LogP contribution in [0.25, 0.3) is 0 Å². The summed E-state index contributed by atoms with van der Waals surface area (Å²) in [5, 5.41) is 44.8. The number of piperidine rings is 2. The number of phosphoric ester groups is 2. The highest BCUT2D eigenvalue weighted by Gasteiger charge is 2.41. The zero-order valence-electron chi connectivity index (χ0n) is 50.3. The van der Waals surface area contributed by atoms with Crippen molar-refractivity contribution in [2.45, 2.75) is 209 Å². The lowest BCUT2D eigenvalue weighted by atomic mass is 10.0. The molecule has 82 heavy (non-hydrogen) atoms. The SMILES string of the molecule is CCc1c(Cl)nc(C(=O)N[C@@H]2CCN(c3nnc(C(C)O)s3)C[C@@H]2OC)n1COP(=O)(OC(C)(C)C)OC(C)(C)C.CCc1nc(C(=O)N[C@@H]2CCN(c3nnc(C(C)O)s3)C[C@@H]2OC)n(COP(=O)(OC(C)(C)C)OC(C)(C)C)c1Cl. The number of hydrogen-bond donors (Lipinski definition) is 4. The Balaban J connectivity index is 0.000000301. The topological polar surface area (TPSA) is 300 Å². The zero-order chi connectivity index (χ0) is 61.5. The smallest absolute Gasteiger partial charge is 0.386 e. The quantitative estimate of drug-likeness (QED) is 0.0532. The Kier molecular flexibility index (Phi) is 24.1. The number of carbonyl (C=O) groups is 2. The number of aryl methyl sites for hydroxylation is 1. The van der Waals surface area contributed by atoms with Gasteiger partial charge in [0.05, 0.1) is 58.1 Å². The standard InChI is InChI=1S/2C25H42ClN6O7PS/c1-10-17-19(26)28-20(32(17)14-37-40(35,38-24(3,4)5)39-25(6,7)8)21(34)27-16-11-12-31(13-18(16)36-9)23-30-29-22(41-23)15(2)33;1-10-16-19(26)32(14-37-40(35,38-24(3,4)5)39-25(6,7)8)20(27-16)21(34)28-17-11-12-31(13-18(17)36-9)23-30-29-22(41-23)15(2)33/h15-16,18,33H,10-14H2,1-9H3,(H,27,34);15,17-18,33H,10-14H2,1-9H3,(H,28,34)/t15?,16-,18+;15?,17-,18+/m11/s1. The summed E-state index contributed by atoms with van der Waals surface area (Å²) in [4.78, 5) is 39.9. The number of rotatable bonds is 22. The van der Waals surface area contributed by atoms with Crippen LogP contribution in [0.2, 0.25) is 10.3 Å². The molecule has 32 heteroatoms. The van der Waals surface area contributed by atoms with Crippen molar-refractivity contribution in [1.82, 2.24) is 50.1 Å². The summed E-state index contributed by atoms with van der Waals surface area (Å²) >= 11 is 15.6. The van der Waals surface area contributed by atoms with Gasteiger partial charge < -0.3 is 40.1 Å². The number of hydrogen-bond acceptors (Lipinski definition) is 24. The molecule has 26 nitrogen and oxygen atoms in total. The highest BCUT2D eigenvalue weighted by Crippen LogP contribution is 2.57. The van der Waals surface area contributed by atoms with Crippen molar-refractivity contribution >= 4 is 83.6 Å². The minimum absolute atomic E-state index is 0.00731. The van der Waals surface area contributed by atoms with Gasteiger partial charge in [0.2, 0.25) is 21.9 Å². The lowest BCUT2D eigenvalue weighted by Gasteiger charge is -2.37. The largest absolute Gasteiger partial charge is 0.477 e. The van der Waals surface area contributed by atoms with Gasteiger partial charge in [-0.15, -0.1) is 20.4 Å². The van der Waals surface area contributed by atoms with Crippen LogP contribution in [0.1, 0.15) is 178 Å². The van der Waals surface area contributed by atoms with E-state index in [4.69, 9.17) is 59.8 Å². The molecular weight excluding hydrogens is 1190 g/mol. The fraction of sp³-hybridized carbons (Fsp3) is 0.760. The molecule has 6 atom stereocenters. The van der Waals surface area contributed by atoms with Crippen LogP contribution >= 0.6 is 61.5 Å². The predicted molar refractivity (Wildman–Crippen MR) is 313 cm³/mol. The third-order valence-electron chi connectivity index (χ3n) is 11.8. The minimum Gasteiger partial charge on any atom is -0.386 e. The number of ether oxygens (including phenoxy) is 2. The fourth-order valence-electron chi connectivity index (χ4n) is 8.35. The summed E-state index contributed by atoms with van der Waals surface area (Å²) in [7, 11) is -4.98. The van der Waals surface area contributed by atoms with Crippen molar-refractivity contribution in [2.75, 3.05) is 50.2 Å². The van der Waals surface area contributed by atoms with Gasteiger partial charge >= 0.3 is 15.6 Å². The van der Waals surface area contributed by atoms with Crippen LogP contribution in [0.3, 0.4) is 0 Å². The molecule has 2 fully saturated rings. The molecule has 6 rings (SSSR count). The van der Waals surface area contributed by atoms with Crippen molar-refractivity contribution in [2.24, 2.45) is 0 Å². The monoisotopic (exact) mass is 1270 g/mol. The first-order chi connectivity index (χ1) is 37.9. The first-order valence-corrected chi connectivity index (χ1v) is 32.2. The van der Waals surface area contributed by atoms with E-state index in [0.29, 0.717) is 83.5 Å². The molecule has 0 saturated carbocycles. The molecule has 2 amide bonds. The molecule has 2 unspecified atom stereocenters. The second-order valence-corrected chi connectivity index (χ2v) is 29.2. The van der Waals surface area contributed by atoms with Gasteiger partial charge in [0.15, 0.2) is 5.15 Å². The first-order valence-electron chi connectivity index (χ1n) is 26.9. The number of nitrogens with one attached hydrogen (secondary N) is 2. The van der Waals surface area contributed by atoms with Gasteiger partial charge in [-0.05, 0) is 123 Å². The van der Waals surface area contributed by atoms with Gasteiger partial charge in [-0.25, -0.2) is 19.1 Å². The molecule has 0 radical (unpaired) electrons. The molecule has 464 valence electrons. The average Bonchev–Trinajstić information content (AvgIpc) is 4.38. The van der Waals surface area contributed by atoms with E-state index in [9.17, 15) is 28.9 Å². The Morgan fingerprint density at radius 1 is 0.634 bits per heavy atom.